The number of carboxylic acid groups (broad SMARTS) is 1. The molecule has 2 unspecified atom stereocenters. The summed E-state index contributed by atoms with van der Waals surface area (Å²) < 4.78 is 0. The molecule has 3 nitrogen and oxygen atoms in total. The van der Waals surface area contributed by atoms with Crippen molar-refractivity contribution >= 4 is 11.7 Å². The van der Waals surface area contributed by atoms with Crippen LogP contribution >= 0.6 is 0 Å². The highest BCUT2D eigenvalue weighted by atomic mass is 16.4. The molecular formula is C16H25NO2. The van der Waals surface area contributed by atoms with Crippen LogP contribution < -0.4 is 5.32 Å². The molecule has 1 aromatic carbocycles. The van der Waals surface area contributed by atoms with E-state index in [0.29, 0.717) is 17.5 Å². The van der Waals surface area contributed by atoms with E-state index in [1.165, 1.54) is 6.42 Å². The maximum absolute atomic E-state index is 10.9. The molecular weight excluding hydrogens is 238 g/mol. The molecule has 1 rings (SSSR count). The Morgan fingerprint density at radius 1 is 1.32 bits per heavy atom. The van der Waals surface area contributed by atoms with Crippen molar-refractivity contribution in [2.75, 3.05) is 5.32 Å². The average Bonchev–Trinajstić information content (AvgIpc) is 2.39. The van der Waals surface area contributed by atoms with Crippen molar-refractivity contribution in [2.24, 2.45) is 5.92 Å². The van der Waals surface area contributed by atoms with E-state index in [4.69, 9.17) is 5.11 Å². The minimum absolute atomic E-state index is 0.345. The van der Waals surface area contributed by atoms with Crippen molar-refractivity contribution in [1.82, 2.24) is 0 Å². The average molecular weight is 263 g/mol. The summed E-state index contributed by atoms with van der Waals surface area (Å²) in [6.07, 6.45) is 3.41. The number of nitrogens with one attached hydrogen (secondary N) is 1. The predicted molar refractivity (Wildman–Crippen MR) is 79.9 cm³/mol. The van der Waals surface area contributed by atoms with Crippen LogP contribution in [0.4, 0.5) is 5.69 Å². The molecule has 19 heavy (non-hydrogen) atoms. The minimum atomic E-state index is -0.874. The van der Waals surface area contributed by atoms with Gasteiger partial charge in [0.25, 0.3) is 0 Å². The van der Waals surface area contributed by atoms with Crippen LogP contribution in [-0.2, 0) is 0 Å². The fourth-order valence-electron chi connectivity index (χ4n) is 2.16. The van der Waals surface area contributed by atoms with Crippen LogP contribution in [0.5, 0.6) is 0 Å². The zero-order chi connectivity index (χ0) is 14.4. The Kier molecular flexibility index (Phi) is 5.87. The second-order valence-corrected chi connectivity index (χ2v) is 5.33. The predicted octanol–water partition coefficient (Wildman–Crippen LogP) is 4.32. The van der Waals surface area contributed by atoms with Gasteiger partial charge in [0.2, 0.25) is 0 Å². The number of hydrogen-bond donors (Lipinski definition) is 2. The van der Waals surface area contributed by atoms with Crippen molar-refractivity contribution < 1.29 is 9.90 Å². The lowest BCUT2D eigenvalue weighted by molar-refractivity contribution is 0.0697. The minimum Gasteiger partial charge on any atom is -0.478 e. The molecule has 0 saturated heterocycles. The largest absolute Gasteiger partial charge is 0.478 e. The van der Waals surface area contributed by atoms with Gasteiger partial charge in [0.1, 0.15) is 0 Å². The molecule has 0 amide bonds. The van der Waals surface area contributed by atoms with Crippen molar-refractivity contribution in [3.8, 4) is 0 Å². The van der Waals surface area contributed by atoms with Gasteiger partial charge in [0, 0.05) is 11.7 Å². The van der Waals surface area contributed by atoms with E-state index in [1.54, 1.807) is 12.1 Å². The number of benzene rings is 1. The Labute approximate surface area is 116 Å². The summed E-state index contributed by atoms with van der Waals surface area (Å²) in [4.78, 5) is 10.9. The molecule has 0 aliphatic rings. The maximum Gasteiger partial charge on any atom is 0.335 e. The second-order valence-electron chi connectivity index (χ2n) is 5.33. The van der Waals surface area contributed by atoms with Crippen LogP contribution in [0, 0.1) is 12.8 Å². The molecule has 0 saturated carbocycles. The summed E-state index contributed by atoms with van der Waals surface area (Å²) in [5.41, 5.74) is 2.38. The number of rotatable bonds is 7. The van der Waals surface area contributed by atoms with Crippen LogP contribution in [0.15, 0.2) is 18.2 Å². The zero-order valence-corrected chi connectivity index (χ0v) is 12.4. The molecule has 2 atom stereocenters. The van der Waals surface area contributed by atoms with Crippen LogP contribution in [-0.4, -0.2) is 17.1 Å². The van der Waals surface area contributed by atoms with Gasteiger partial charge in [-0.15, -0.1) is 0 Å². The number of aryl methyl sites for hydroxylation is 1. The first-order chi connectivity index (χ1) is 8.97. The van der Waals surface area contributed by atoms with Crippen molar-refractivity contribution in [3.63, 3.8) is 0 Å². The van der Waals surface area contributed by atoms with E-state index in [1.807, 2.05) is 13.0 Å². The van der Waals surface area contributed by atoms with Gasteiger partial charge < -0.3 is 10.4 Å². The van der Waals surface area contributed by atoms with Gasteiger partial charge in [-0.1, -0.05) is 27.2 Å². The van der Waals surface area contributed by atoms with Gasteiger partial charge in [-0.25, -0.2) is 4.79 Å². The van der Waals surface area contributed by atoms with Gasteiger partial charge >= 0.3 is 5.97 Å². The molecule has 0 aliphatic heterocycles. The smallest absolute Gasteiger partial charge is 0.335 e. The molecule has 1 aromatic rings. The highest BCUT2D eigenvalue weighted by Gasteiger charge is 2.12. The fourth-order valence-corrected chi connectivity index (χ4v) is 2.16. The Hall–Kier alpha value is -1.51. The lowest BCUT2D eigenvalue weighted by Gasteiger charge is -2.22. The molecule has 106 valence electrons. The van der Waals surface area contributed by atoms with Crippen molar-refractivity contribution in [1.29, 1.82) is 0 Å². The maximum atomic E-state index is 10.9. The first-order valence-corrected chi connectivity index (χ1v) is 7.08. The Bertz CT molecular complexity index is 429. The third-order valence-electron chi connectivity index (χ3n) is 3.71. The number of hydrogen-bond acceptors (Lipinski definition) is 2. The normalized spacial score (nSPS) is 13.9. The molecule has 2 N–H and O–H groups in total. The fraction of sp³-hybridized carbons (Fsp3) is 0.562. The van der Waals surface area contributed by atoms with E-state index < -0.39 is 5.97 Å². The highest BCUT2D eigenvalue weighted by molar-refractivity contribution is 5.88. The third-order valence-corrected chi connectivity index (χ3v) is 3.71. The highest BCUT2D eigenvalue weighted by Crippen LogP contribution is 2.21. The van der Waals surface area contributed by atoms with Gasteiger partial charge in [0.05, 0.1) is 5.56 Å². The summed E-state index contributed by atoms with van der Waals surface area (Å²) in [7, 11) is 0. The van der Waals surface area contributed by atoms with Crippen LogP contribution in [0.3, 0.4) is 0 Å². The standard InChI is InChI=1S/C16H25NO2/c1-5-11(3)9-14(6-2)17-15-8-7-13(16(18)19)10-12(15)4/h7-8,10-11,14,17H,5-6,9H2,1-4H3,(H,18,19). The number of carbonyl (C=O) groups is 1. The summed E-state index contributed by atoms with van der Waals surface area (Å²) in [5, 5.41) is 12.5. The number of carboxylic acids is 1. The first-order valence-electron chi connectivity index (χ1n) is 7.08. The lowest BCUT2D eigenvalue weighted by Crippen LogP contribution is -2.21. The number of anilines is 1. The molecule has 0 fully saturated rings. The van der Waals surface area contributed by atoms with Gasteiger partial charge in [-0.2, -0.15) is 0 Å². The monoisotopic (exact) mass is 263 g/mol. The molecule has 3 heteroatoms. The number of aromatic carboxylic acids is 1. The van der Waals surface area contributed by atoms with Gasteiger partial charge in [-0.05, 0) is 49.4 Å². The summed E-state index contributed by atoms with van der Waals surface area (Å²) in [6, 6.07) is 5.70. The summed E-state index contributed by atoms with van der Waals surface area (Å²) >= 11 is 0. The van der Waals surface area contributed by atoms with Crippen LogP contribution in [0.2, 0.25) is 0 Å². The topological polar surface area (TPSA) is 49.3 Å². The van der Waals surface area contributed by atoms with Crippen LogP contribution in [0.25, 0.3) is 0 Å². The molecule has 0 aliphatic carbocycles. The lowest BCUT2D eigenvalue weighted by atomic mass is 9.97. The quantitative estimate of drug-likeness (QED) is 0.770. The molecule has 0 radical (unpaired) electrons. The van der Waals surface area contributed by atoms with Gasteiger partial charge in [-0.3, -0.25) is 0 Å². The van der Waals surface area contributed by atoms with Crippen molar-refractivity contribution in [3.05, 3.63) is 29.3 Å². The molecule has 0 bridgehead atoms. The first kappa shape index (κ1) is 15.5. The molecule has 0 spiro atoms. The Balaban J connectivity index is 2.77. The summed E-state index contributed by atoms with van der Waals surface area (Å²) in [6.45, 7) is 8.61. The second kappa shape index (κ2) is 7.17. The zero-order valence-electron chi connectivity index (χ0n) is 12.4. The van der Waals surface area contributed by atoms with E-state index in [0.717, 1.165) is 24.1 Å². The van der Waals surface area contributed by atoms with Crippen LogP contribution in [0.1, 0.15) is 56.0 Å². The molecule has 0 aromatic heterocycles. The van der Waals surface area contributed by atoms with Gasteiger partial charge in [0.15, 0.2) is 0 Å². The Morgan fingerprint density at radius 2 is 2.00 bits per heavy atom. The molecule has 0 heterocycles. The van der Waals surface area contributed by atoms with E-state index >= 15 is 0 Å². The SMILES string of the molecule is CCC(C)CC(CC)Nc1ccc(C(=O)O)cc1C. The third kappa shape index (κ3) is 4.58. The van der Waals surface area contributed by atoms with E-state index in [2.05, 4.69) is 26.1 Å². The van der Waals surface area contributed by atoms with Crippen molar-refractivity contribution in [2.45, 2.75) is 53.0 Å². The Morgan fingerprint density at radius 3 is 2.47 bits per heavy atom. The summed E-state index contributed by atoms with van der Waals surface area (Å²) in [5.74, 6) is -0.169. The van der Waals surface area contributed by atoms with E-state index in [9.17, 15) is 4.79 Å². The van der Waals surface area contributed by atoms with E-state index in [-0.39, 0.29) is 0 Å².